The standard InChI is InChI=1S/C16H23ClFN/c1-3-16(4-2,11-19-14-7-8-14)10-12-5-6-13(17)9-15(12)18/h5-6,9,14,19H,3-4,7-8,10-11H2,1-2H3. The third-order valence-electron chi connectivity index (χ3n) is 4.42. The largest absolute Gasteiger partial charge is 0.313 e. The van der Waals surface area contributed by atoms with E-state index in [1.54, 1.807) is 6.07 Å². The normalized spacial score (nSPS) is 15.8. The maximum atomic E-state index is 14.0. The minimum absolute atomic E-state index is 0.150. The molecule has 0 atom stereocenters. The van der Waals surface area contributed by atoms with E-state index in [1.807, 2.05) is 6.07 Å². The second kappa shape index (κ2) is 6.23. The van der Waals surface area contributed by atoms with Crippen LogP contribution in [0, 0.1) is 11.2 Å². The van der Waals surface area contributed by atoms with Gasteiger partial charge in [-0.1, -0.05) is 31.5 Å². The van der Waals surface area contributed by atoms with Crippen LogP contribution >= 0.6 is 11.6 Å². The van der Waals surface area contributed by atoms with Crippen molar-refractivity contribution < 1.29 is 4.39 Å². The van der Waals surface area contributed by atoms with Crippen molar-refractivity contribution in [3.63, 3.8) is 0 Å². The lowest BCUT2D eigenvalue weighted by atomic mass is 9.76. The first-order valence-corrected chi connectivity index (χ1v) is 7.63. The molecule has 1 aromatic rings. The molecule has 1 nitrogen and oxygen atoms in total. The van der Waals surface area contributed by atoms with Crippen LogP contribution < -0.4 is 5.32 Å². The second-order valence-corrected chi connectivity index (χ2v) is 6.21. The van der Waals surface area contributed by atoms with Gasteiger partial charge in [-0.25, -0.2) is 4.39 Å². The molecule has 1 saturated carbocycles. The van der Waals surface area contributed by atoms with E-state index in [9.17, 15) is 4.39 Å². The summed E-state index contributed by atoms with van der Waals surface area (Å²) in [7, 11) is 0. The molecule has 1 aliphatic carbocycles. The van der Waals surface area contributed by atoms with E-state index in [0.29, 0.717) is 11.1 Å². The zero-order valence-electron chi connectivity index (χ0n) is 11.8. The Morgan fingerprint density at radius 3 is 2.53 bits per heavy atom. The molecule has 0 spiro atoms. The first kappa shape index (κ1) is 14.8. The van der Waals surface area contributed by atoms with Gasteiger partial charge in [0.15, 0.2) is 0 Å². The van der Waals surface area contributed by atoms with Crippen LogP contribution in [0.25, 0.3) is 0 Å². The SMILES string of the molecule is CCC(CC)(CNC1CC1)Cc1ccc(Cl)cc1F. The molecule has 0 amide bonds. The number of hydrogen-bond donors (Lipinski definition) is 1. The molecule has 1 N–H and O–H groups in total. The van der Waals surface area contributed by atoms with Gasteiger partial charge >= 0.3 is 0 Å². The highest BCUT2D eigenvalue weighted by Gasteiger charge is 2.30. The lowest BCUT2D eigenvalue weighted by Gasteiger charge is -2.32. The van der Waals surface area contributed by atoms with E-state index < -0.39 is 0 Å². The quantitative estimate of drug-likeness (QED) is 0.772. The van der Waals surface area contributed by atoms with E-state index in [1.165, 1.54) is 18.9 Å². The minimum Gasteiger partial charge on any atom is -0.313 e. The highest BCUT2D eigenvalue weighted by atomic mass is 35.5. The van der Waals surface area contributed by atoms with Crippen molar-refractivity contribution in [2.24, 2.45) is 5.41 Å². The van der Waals surface area contributed by atoms with Gasteiger partial charge in [0.1, 0.15) is 5.82 Å². The lowest BCUT2D eigenvalue weighted by Crippen LogP contribution is -2.36. The van der Waals surface area contributed by atoms with E-state index in [2.05, 4.69) is 19.2 Å². The molecule has 19 heavy (non-hydrogen) atoms. The number of benzene rings is 1. The number of rotatable bonds is 7. The van der Waals surface area contributed by atoms with Crippen LogP contribution in [-0.4, -0.2) is 12.6 Å². The molecule has 106 valence electrons. The van der Waals surface area contributed by atoms with Crippen molar-refractivity contribution in [3.05, 3.63) is 34.6 Å². The second-order valence-electron chi connectivity index (χ2n) is 5.77. The predicted octanol–water partition coefficient (Wildman–Crippen LogP) is 4.58. The molecule has 0 unspecified atom stereocenters. The maximum Gasteiger partial charge on any atom is 0.127 e. The summed E-state index contributed by atoms with van der Waals surface area (Å²) in [5.41, 5.74) is 0.933. The van der Waals surface area contributed by atoms with Gasteiger partial charge in [0.25, 0.3) is 0 Å². The van der Waals surface area contributed by atoms with E-state index in [-0.39, 0.29) is 11.2 Å². The van der Waals surface area contributed by atoms with Crippen LogP contribution in [0.15, 0.2) is 18.2 Å². The summed E-state index contributed by atoms with van der Waals surface area (Å²) >= 11 is 5.81. The highest BCUT2D eigenvalue weighted by molar-refractivity contribution is 6.30. The maximum absolute atomic E-state index is 14.0. The molecule has 1 aromatic carbocycles. The molecule has 0 bridgehead atoms. The third-order valence-corrected chi connectivity index (χ3v) is 4.66. The van der Waals surface area contributed by atoms with Crippen molar-refractivity contribution in [1.82, 2.24) is 5.32 Å². The summed E-state index contributed by atoms with van der Waals surface area (Å²) in [6.07, 6.45) is 5.48. The fourth-order valence-corrected chi connectivity index (χ4v) is 2.69. The number of halogens is 2. The topological polar surface area (TPSA) is 12.0 Å². The monoisotopic (exact) mass is 283 g/mol. The molecule has 1 aliphatic rings. The first-order chi connectivity index (χ1) is 9.08. The fraction of sp³-hybridized carbons (Fsp3) is 0.625. The van der Waals surface area contributed by atoms with E-state index in [4.69, 9.17) is 11.6 Å². The average Bonchev–Trinajstić information content (AvgIpc) is 3.21. The summed E-state index contributed by atoms with van der Waals surface area (Å²) in [6, 6.07) is 5.73. The Balaban J connectivity index is 2.09. The smallest absolute Gasteiger partial charge is 0.127 e. The van der Waals surface area contributed by atoms with Crippen molar-refractivity contribution in [2.75, 3.05) is 6.54 Å². The Bertz CT molecular complexity index is 425. The zero-order valence-corrected chi connectivity index (χ0v) is 12.6. The Kier molecular flexibility index (Phi) is 4.86. The van der Waals surface area contributed by atoms with Crippen molar-refractivity contribution in [3.8, 4) is 0 Å². The molecule has 1 fully saturated rings. The molecule has 3 heteroatoms. The van der Waals surface area contributed by atoms with Gasteiger partial charge in [0, 0.05) is 17.6 Å². The Morgan fingerprint density at radius 1 is 1.32 bits per heavy atom. The van der Waals surface area contributed by atoms with Gasteiger partial charge in [0.05, 0.1) is 0 Å². The summed E-state index contributed by atoms with van der Waals surface area (Å²) in [5, 5.41) is 4.07. The van der Waals surface area contributed by atoms with Crippen LogP contribution in [0.1, 0.15) is 45.1 Å². The summed E-state index contributed by atoms with van der Waals surface area (Å²) in [6.45, 7) is 5.38. The Labute approximate surface area is 120 Å². The fourth-order valence-electron chi connectivity index (χ4n) is 2.53. The molecule has 0 aromatic heterocycles. The van der Waals surface area contributed by atoms with Crippen molar-refractivity contribution in [2.45, 2.75) is 52.0 Å². The van der Waals surface area contributed by atoms with Crippen LogP contribution in [0.5, 0.6) is 0 Å². The molecule has 0 aliphatic heterocycles. The molecule has 0 saturated heterocycles. The van der Waals surface area contributed by atoms with Gasteiger partial charge in [0.2, 0.25) is 0 Å². The number of nitrogens with one attached hydrogen (secondary N) is 1. The van der Waals surface area contributed by atoms with Crippen molar-refractivity contribution in [1.29, 1.82) is 0 Å². The van der Waals surface area contributed by atoms with Gasteiger partial charge < -0.3 is 5.32 Å². The summed E-state index contributed by atoms with van der Waals surface area (Å²) in [5.74, 6) is -0.176. The lowest BCUT2D eigenvalue weighted by molar-refractivity contribution is 0.243. The molecular formula is C16H23ClFN. The van der Waals surface area contributed by atoms with Gasteiger partial charge in [-0.2, -0.15) is 0 Å². The first-order valence-electron chi connectivity index (χ1n) is 7.26. The Morgan fingerprint density at radius 2 is 2.00 bits per heavy atom. The summed E-state index contributed by atoms with van der Waals surface area (Å²) < 4.78 is 14.0. The van der Waals surface area contributed by atoms with E-state index in [0.717, 1.165) is 31.4 Å². The zero-order chi connectivity index (χ0) is 13.9. The van der Waals surface area contributed by atoms with Crippen molar-refractivity contribution >= 4 is 11.6 Å². The molecule has 2 rings (SSSR count). The van der Waals surface area contributed by atoms with Gasteiger partial charge in [-0.3, -0.25) is 0 Å². The highest BCUT2D eigenvalue weighted by Crippen LogP contribution is 2.33. The molecule has 0 radical (unpaired) electrons. The minimum atomic E-state index is -0.176. The van der Waals surface area contributed by atoms with Crippen LogP contribution in [0.3, 0.4) is 0 Å². The van der Waals surface area contributed by atoms with Gasteiger partial charge in [-0.15, -0.1) is 0 Å². The predicted molar refractivity (Wildman–Crippen MR) is 79.2 cm³/mol. The third kappa shape index (κ3) is 3.93. The molecular weight excluding hydrogens is 261 g/mol. The Hall–Kier alpha value is -0.600. The number of hydrogen-bond acceptors (Lipinski definition) is 1. The van der Waals surface area contributed by atoms with Crippen LogP contribution in [0.2, 0.25) is 5.02 Å². The molecule has 0 heterocycles. The van der Waals surface area contributed by atoms with E-state index >= 15 is 0 Å². The average molecular weight is 284 g/mol. The van der Waals surface area contributed by atoms with Crippen LogP contribution in [0.4, 0.5) is 4.39 Å². The summed E-state index contributed by atoms with van der Waals surface area (Å²) in [4.78, 5) is 0. The van der Waals surface area contributed by atoms with Gasteiger partial charge in [-0.05, 0) is 55.2 Å². The van der Waals surface area contributed by atoms with Crippen LogP contribution in [-0.2, 0) is 6.42 Å².